The second-order valence-electron chi connectivity index (χ2n) is 5.34. The summed E-state index contributed by atoms with van der Waals surface area (Å²) in [6, 6.07) is 12.2. The molecule has 3 nitrogen and oxygen atoms in total. The maximum atomic E-state index is 6.40. The highest BCUT2D eigenvalue weighted by Gasteiger charge is 2.13. The fraction of sp³-hybridized carbons (Fsp3) is 0.333. The molecule has 3 heteroatoms. The first-order chi connectivity index (χ1) is 10.0. The molecule has 1 atom stereocenters. The summed E-state index contributed by atoms with van der Waals surface area (Å²) in [5.41, 5.74) is 11.0. The SMILES string of the molecule is COc1cccc(CC(N)c2cc(C)c(OC)cc2C)c1. The zero-order valence-corrected chi connectivity index (χ0v) is 13.1. The number of rotatable bonds is 5. The lowest BCUT2D eigenvalue weighted by Gasteiger charge is -2.18. The normalized spacial score (nSPS) is 12.0. The summed E-state index contributed by atoms with van der Waals surface area (Å²) in [6.07, 6.45) is 0.782. The molecule has 0 saturated carbocycles. The van der Waals surface area contributed by atoms with Crippen LogP contribution in [0.3, 0.4) is 0 Å². The Morgan fingerprint density at radius 1 is 1.00 bits per heavy atom. The van der Waals surface area contributed by atoms with Crippen molar-refractivity contribution in [3.05, 3.63) is 58.7 Å². The van der Waals surface area contributed by atoms with Crippen molar-refractivity contribution in [1.29, 1.82) is 0 Å². The van der Waals surface area contributed by atoms with Gasteiger partial charge in [0.15, 0.2) is 0 Å². The minimum Gasteiger partial charge on any atom is -0.497 e. The van der Waals surface area contributed by atoms with E-state index in [2.05, 4.69) is 25.1 Å². The van der Waals surface area contributed by atoms with Gasteiger partial charge >= 0.3 is 0 Å². The number of hydrogen-bond donors (Lipinski definition) is 1. The molecule has 0 fully saturated rings. The van der Waals surface area contributed by atoms with Crippen LogP contribution in [-0.2, 0) is 6.42 Å². The second kappa shape index (κ2) is 6.64. The number of aryl methyl sites for hydroxylation is 2. The van der Waals surface area contributed by atoms with Gasteiger partial charge in [0.25, 0.3) is 0 Å². The van der Waals surface area contributed by atoms with E-state index in [1.54, 1.807) is 14.2 Å². The predicted molar refractivity (Wildman–Crippen MR) is 86.1 cm³/mol. The third kappa shape index (κ3) is 3.56. The maximum Gasteiger partial charge on any atom is 0.122 e. The van der Waals surface area contributed by atoms with Crippen molar-refractivity contribution in [3.8, 4) is 11.5 Å². The lowest BCUT2D eigenvalue weighted by molar-refractivity contribution is 0.411. The highest BCUT2D eigenvalue weighted by atomic mass is 16.5. The van der Waals surface area contributed by atoms with Crippen LogP contribution >= 0.6 is 0 Å². The van der Waals surface area contributed by atoms with Crippen molar-refractivity contribution in [3.63, 3.8) is 0 Å². The van der Waals surface area contributed by atoms with Crippen molar-refractivity contribution in [2.24, 2.45) is 5.73 Å². The average Bonchev–Trinajstić information content (AvgIpc) is 2.49. The number of ether oxygens (including phenoxy) is 2. The van der Waals surface area contributed by atoms with Crippen molar-refractivity contribution in [2.75, 3.05) is 14.2 Å². The number of hydrogen-bond acceptors (Lipinski definition) is 3. The van der Waals surface area contributed by atoms with Gasteiger partial charge < -0.3 is 15.2 Å². The molecular weight excluding hydrogens is 262 g/mol. The first kappa shape index (κ1) is 15.4. The van der Waals surface area contributed by atoms with Crippen molar-refractivity contribution >= 4 is 0 Å². The van der Waals surface area contributed by atoms with E-state index in [-0.39, 0.29) is 6.04 Å². The first-order valence-corrected chi connectivity index (χ1v) is 7.08. The Morgan fingerprint density at radius 2 is 1.76 bits per heavy atom. The van der Waals surface area contributed by atoms with Gasteiger partial charge in [0.1, 0.15) is 11.5 Å². The molecule has 112 valence electrons. The Bertz CT molecular complexity index is 623. The van der Waals surface area contributed by atoms with Gasteiger partial charge in [-0.3, -0.25) is 0 Å². The van der Waals surface area contributed by atoms with Crippen LogP contribution in [0.4, 0.5) is 0 Å². The molecule has 0 saturated heterocycles. The molecule has 21 heavy (non-hydrogen) atoms. The zero-order chi connectivity index (χ0) is 15.4. The molecule has 0 aliphatic heterocycles. The number of nitrogens with two attached hydrogens (primary N) is 1. The Hall–Kier alpha value is -2.00. The van der Waals surface area contributed by atoms with E-state index < -0.39 is 0 Å². The smallest absolute Gasteiger partial charge is 0.122 e. The van der Waals surface area contributed by atoms with Gasteiger partial charge in [-0.25, -0.2) is 0 Å². The van der Waals surface area contributed by atoms with Crippen LogP contribution in [0.5, 0.6) is 11.5 Å². The minimum absolute atomic E-state index is 0.0401. The van der Waals surface area contributed by atoms with Crippen LogP contribution in [0.15, 0.2) is 36.4 Å². The Morgan fingerprint density at radius 3 is 2.43 bits per heavy atom. The summed E-state index contributed by atoms with van der Waals surface area (Å²) in [4.78, 5) is 0. The van der Waals surface area contributed by atoms with Crippen molar-refractivity contribution < 1.29 is 9.47 Å². The van der Waals surface area contributed by atoms with Gasteiger partial charge in [-0.2, -0.15) is 0 Å². The van der Waals surface area contributed by atoms with E-state index in [1.807, 2.05) is 25.1 Å². The largest absolute Gasteiger partial charge is 0.497 e. The maximum absolute atomic E-state index is 6.40. The van der Waals surface area contributed by atoms with E-state index in [0.717, 1.165) is 34.6 Å². The Labute approximate surface area is 126 Å². The fourth-order valence-electron chi connectivity index (χ4n) is 2.59. The molecule has 2 aromatic carbocycles. The highest BCUT2D eigenvalue weighted by Crippen LogP contribution is 2.27. The lowest BCUT2D eigenvalue weighted by Crippen LogP contribution is -2.15. The molecule has 1 unspecified atom stereocenters. The second-order valence-corrected chi connectivity index (χ2v) is 5.34. The summed E-state index contributed by atoms with van der Waals surface area (Å²) < 4.78 is 10.6. The van der Waals surface area contributed by atoms with Gasteiger partial charge in [-0.15, -0.1) is 0 Å². The van der Waals surface area contributed by atoms with E-state index in [4.69, 9.17) is 15.2 Å². The predicted octanol–water partition coefficient (Wildman–Crippen LogP) is 3.56. The first-order valence-electron chi connectivity index (χ1n) is 7.08. The van der Waals surface area contributed by atoms with Crippen LogP contribution in [0.25, 0.3) is 0 Å². The third-order valence-electron chi connectivity index (χ3n) is 3.77. The van der Waals surface area contributed by atoms with Gasteiger partial charge in [0.2, 0.25) is 0 Å². The summed E-state index contributed by atoms with van der Waals surface area (Å²) in [7, 11) is 3.37. The molecule has 2 N–H and O–H groups in total. The summed E-state index contributed by atoms with van der Waals surface area (Å²) in [5, 5.41) is 0. The van der Waals surface area contributed by atoms with Gasteiger partial charge in [0, 0.05) is 6.04 Å². The molecule has 0 radical (unpaired) electrons. The van der Waals surface area contributed by atoms with Crippen LogP contribution in [0.1, 0.15) is 28.3 Å². The number of methoxy groups -OCH3 is 2. The standard InChI is InChI=1S/C18H23NO2/c1-12-9-18(21-4)13(2)8-16(12)17(19)11-14-6-5-7-15(10-14)20-3/h5-10,17H,11,19H2,1-4H3. The molecule has 2 rings (SSSR count). The molecule has 0 aromatic heterocycles. The van der Waals surface area contributed by atoms with Crippen LogP contribution in [-0.4, -0.2) is 14.2 Å². The van der Waals surface area contributed by atoms with E-state index in [9.17, 15) is 0 Å². The lowest BCUT2D eigenvalue weighted by atomic mass is 9.94. The monoisotopic (exact) mass is 285 g/mol. The molecule has 0 aliphatic carbocycles. The molecule has 0 bridgehead atoms. The summed E-state index contributed by atoms with van der Waals surface area (Å²) in [5.74, 6) is 1.77. The summed E-state index contributed by atoms with van der Waals surface area (Å²) >= 11 is 0. The minimum atomic E-state index is -0.0401. The Balaban J connectivity index is 2.23. The molecule has 2 aromatic rings. The molecule has 0 aliphatic rings. The van der Waals surface area contributed by atoms with E-state index >= 15 is 0 Å². The van der Waals surface area contributed by atoms with Crippen molar-refractivity contribution in [2.45, 2.75) is 26.3 Å². The number of benzene rings is 2. The van der Waals surface area contributed by atoms with Gasteiger partial charge in [-0.1, -0.05) is 18.2 Å². The van der Waals surface area contributed by atoms with Gasteiger partial charge in [-0.05, 0) is 60.7 Å². The molecule has 0 amide bonds. The fourth-order valence-corrected chi connectivity index (χ4v) is 2.59. The van der Waals surface area contributed by atoms with E-state index in [0.29, 0.717) is 0 Å². The van der Waals surface area contributed by atoms with E-state index in [1.165, 1.54) is 5.56 Å². The van der Waals surface area contributed by atoms with Crippen LogP contribution in [0, 0.1) is 13.8 Å². The van der Waals surface area contributed by atoms with Crippen LogP contribution < -0.4 is 15.2 Å². The molecule has 0 heterocycles. The van der Waals surface area contributed by atoms with Gasteiger partial charge in [0.05, 0.1) is 14.2 Å². The Kier molecular flexibility index (Phi) is 4.86. The third-order valence-corrected chi connectivity index (χ3v) is 3.77. The molecule has 0 spiro atoms. The van der Waals surface area contributed by atoms with Crippen molar-refractivity contribution in [1.82, 2.24) is 0 Å². The highest BCUT2D eigenvalue weighted by molar-refractivity contribution is 5.43. The van der Waals surface area contributed by atoms with Crippen LogP contribution in [0.2, 0.25) is 0 Å². The topological polar surface area (TPSA) is 44.5 Å². The summed E-state index contributed by atoms with van der Waals surface area (Å²) in [6.45, 7) is 4.11. The molecular formula is C18H23NO2. The zero-order valence-electron chi connectivity index (χ0n) is 13.1. The average molecular weight is 285 g/mol. The quantitative estimate of drug-likeness (QED) is 0.913.